The minimum Gasteiger partial charge on any atom is -0.368 e. The molecule has 2 heterocycles. The Morgan fingerprint density at radius 3 is 2.53 bits per heavy atom. The third kappa shape index (κ3) is 3.29. The Morgan fingerprint density at radius 2 is 1.95 bits per heavy atom. The number of nitrogens with zero attached hydrogens (tertiary/aromatic N) is 1. The number of hydrogen-bond donors (Lipinski definition) is 1. The van der Waals surface area contributed by atoms with E-state index in [-0.39, 0.29) is 17.6 Å². The monoisotopic (exact) mass is 268 g/mol. The summed E-state index contributed by atoms with van der Waals surface area (Å²) in [5.41, 5.74) is -0.102. The summed E-state index contributed by atoms with van der Waals surface area (Å²) in [6, 6.07) is 0. The molecule has 0 aromatic rings. The van der Waals surface area contributed by atoms with Gasteiger partial charge in [-0.1, -0.05) is 20.8 Å². The van der Waals surface area contributed by atoms with Crippen molar-refractivity contribution in [1.29, 1.82) is 0 Å². The molecular weight excluding hydrogens is 240 g/mol. The summed E-state index contributed by atoms with van der Waals surface area (Å²) < 4.78 is 6.20. The van der Waals surface area contributed by atoms with Crippen LogP contribution in [-0.2, 0) is 9.53 Å². The normalized spacial score (nSPS) is 28.7. The topological polar surface area (TPSA) is 41.6 Å². The summed E-state index contributed by atoms with van der Waals surface area (Å²) in [6.45, 7) is 11.9. The van der Waals surface area contributed by atoms with Crippen molar-refractivity contribution < 1.29 is 9.53 Å². The minimum absolute atomic E-state index is 0.101. The fourth-order valence-electron chi connectivity index (χ4n) is 3.12. The molecule has 2 fully saturated rings. The Bertz CT molecular complexity index is 324. The second-order valence-electron chi connectivity index (χ2n) is 6.61. The fourth-order valence-corrected chi connectivity index (χ4v) is 3.12. The Balaban J connectivity index is 2.07. The molecule has 0 radical (unpaired) electrons. The molecule has 2 saturated heterocycles. The third-order valence-electron chi connectivity index (χ3n) is 4.62. The number of piperidine rings is 1. The highest BCUT2D eigenvalue weighted by atomic mass is 16.5. The summed E-state index contributed by atoms with van der Waals surface area (Å²) in [6.07, 6.45) is 2.17. The van der Waals surface area contributed by atoms with Crippen LogP contribution in [-0.4, -0.2) is 48.7 Å². The van der Waals surface area contributed by atoms with E-state index in [1.54, 1.807) is 0 Å². The van der Waals surface area contributed by atoms with Crippen LogP contribution in [0.5, 0.6) is 0 Å². The first-order valence-electron chi connectivity index (χ1n) is 7.61. The lowest BCUT2D eigenvalue weighted by Crippen LogP contribution is -2.60. The van der Waals surface area contributed by atoms with Gasteiger partial charge in [-0.3, -0.25) is 4.79 Å². The SMILES string of the molecule is CC1CN(C(=O)C(C)C(C)C)CC2(CCNCC2)O1. The number of hydrogen-bond acceptors (Lipinski definition) is 3. The average Bonchev–Trinajstić information content (AvgIpc) is 2.36. The summed E-state index contributed by atoms with van der Waals surface area (Å²) >= 11 is 0. The zero-order valence-electron chi connectivity index (χ0n) is 12.7. The van der Waals surface area contributed by atoms with Gasteiger partial charge in [0.05, 0.1) is 11.7 Å². The smallest absolute Gasteiger partial charge is 0.225 e. The first kappa shape index (κ1) is 14.8. The van der Waals surface area contributed by atoms with Crippen LogP contribution in [0, 0.1) is 11.8 Å². The van der Waals surface area contributed by atoms with Gasteiger partial charge < -0.3 is 15.0 Å². The predicted molar refractivity (Wildman–Crippen MR) is 76.0 cm³/mol. The molecule has 1 spiro atoms. The summed E-state index contributed by atoms with van der Waals surface area (Å²) in [5.74, 6) is 0.793. The van der Waals surface area contributed by atoms with E-state index in [9.17, 15) is 4.79 Å². The molecule has 2 unspecified atom stereocenters. The highest BCUT2D eigenvalue weighted by Crippen LogP contribution is 2.31. The van der Waals surface area contributed by atoms with E-state index in [1.165, 1.54) is 0 Å². The van der Waals surface area contributed by atoms with Crippen LogP contribution < -0.4 is 5.32 Å². The molecule has 1 amide bonds. The van der Waals surface area contributed by atoms with E-state index < -0.39 is 0 Å². The maximum absolute atomic E-state index is 12.6. The van der Waals surface area contributed by atoms with Crippen molar-refractivity contribution in [3.05, 3.63) is 0 Å². The zero-order valence-corrected chi connectivity index (χ0v) is 12.7. The molecule has 2 aliphatic heterocycles. The molecule has 0 bridgehead atoms. The molecule has 4 nitrogen and oxygen atoms in total. The lowest BCUT2D eigenvalue weighted by molar-refractivity contribution is -0.176. The van der Waals surface area contributed by atoms with Crippen LogP contribution in [0.25, 0.3) is 0 Å². The average molecular weight is 268 g/mol. The highest BCUT2D eigenvalue weighted by Gasteiger charge is 2.42. The largest absolute Gasteiger partial charge is 0.368 e. The van der Waals surface area contributed by atoms with E-state index in [4.69, 9.17) is 4.74 Å². The van der Waals surface area contributed by atoms with Gasteiger partial charge in [0.2, 0.25) is 5.91 Å². The molecule has 110 valence electrons. The van der Waals surface area contributed by atoms with Gasteiger partial charge in [0.1, 0.15) is 0 Å². The van der Waals surface area contributed by atoms with Crippen molar-refractivity contribution in [3.63, 3.8) is 0 Å². The second kappa shape index (κ2) is 5.80. The zero-order chi connectivity index (χ0) is 14.0. The lowest BCUT2D eigenvalue weighted by Gasteiger charge is -2.48. The van der Waals surface area contributed by atoms with Gasteiger partial charge in [-0.25, -0.2) is 0 Å². The Kier molecular flexibility index (Phi) is 4.51. The molecule has 19 heavy (non-hydrogen) atoms. The van der Waals surface area contributed by atoms with Crippen LogP contribution in [0.3, 0.4) is 0 Å². The summed E-state index contributed by atoms with van der Waals surface area (Å²) in [5, 5.41) is 3.37. The van der Waals surface area contributed by atoms with Gasteiger partial charge in [0, 0.05) is 19.0 Å². The van der Waals surface area contributed by atoms with Crippen LogP contribution in [0.1, 0.15) is 40.5 Å². The maximum atomic E-state index is 12.6. The molecule has 0 aromatic carbocycles. The summed E-state index contributed by atoms with van der Waals surface area (Å²) in [7, 11) is 0. The van der Waals surface area contributed by atoms with Crippen LogP contribution >= 0.6 is 0 Å². The Morgan fingerprint density at radius 1 is 1.32 bits per heavy atom. The Labute approximate surface area is 116 Å². The van der Waals surface area contributed by atoms with Gasteiger partial charge >= 0.3 is 0 Å². The van der Waals surface area contributed by atoms with Gasteiger partial charge in [0.25, 0.3) is 0 Å². The number of amides is 1. The molecule has 4 heteroatoms. The molecule has 0 aromatic heterocycles. The van der Waals surface area contributed by atoms with E-state index in [0.29, 0.717) is 11.8 Å². The van der Waals surface area contributed by atoms with Gasteiger partial charge in [0.15, 0.2) is 0 Å². The molecular formula is C15H28N2O2. The number of rotatable bonds is 2. The van der Waals surface area contributed by atoms with Crippen molar-refractivity contribution in [3.8, 4) is 0 Å². The Hall–Kier alpha value is -0.610. The van der Waals surface area contributed by atoms with Crippen molar-refractivity contribution in [1.82, 2.24) is 10.2 Å². The quantitative estimate of drug-likeness (QED) is 0.828. The number of nitrogens with one attached hydrogen (secondary N) is 1. The van der Waals surface area contributed by atoms with E-state index in [1.807, 2.05) is 11.8 Å². The number of carbonyl (C=O) groups excluding carboxylic acids is 1. The number of carbonyl (C=O) groups is 1. The van der Waals surface area contributed by atoms with Crippen molar-refractivity contribution >= 4 is 5.91 Å². The fraction of sp³-hybridized carbons (Fsp3) is 0.933. The molecule has 2 atom stereocenters. The maximum Gasteiger partial charge on any atom is 0.225 e. The highest BCUT2D eigenvalue weighted by molar-refractivity contribution is 5.79. The van der Waals surface area contributed by atoms with Gasteiger partial charge in [-0.15, -0.1) is 0 Å². The molecule has 2 aliphatic rings. The van der Waals surface area contributed by atoms with Crippen LogP contribution in [0.2, 0.25) is 0 Å². The lowest BCUT2D eigenvalue weighted by atomic mass is 9.88. The van der Waals surface area contributed by atoms with Gasteiger partial charge in [-0.05, 0) is 38.8 Å². The molecule has 2 rings (SSSR count). The van der Waals surface area contributed by atoms with Gasteiger partial charge in [-0.2, -0.15) is 0 Å². The standard InChI is InChI=1S/C15H28N2O2/c1-11(2)13(4)14(18)17-9-12(3)19-15(10-17)5-7-16-8-6-15/h11-13,16H,5-10H2,1-4H3. The molecule has 0 aliphatic carbocycles. The number of ether oxygens (including phenoxy) is 1. The third-order valence-corrected chi connectivity index (χ3v) is 4.62. The van der Waals surface area contributed by atoms with Crippen LogP contribution in [0.4, 0.5) is 0 Å². The predicted octanol–water partition coefficient (Wildman–Crippen LogP) is 1.65. The van der Waals surface area contributed by atoms with Crippen molar-refractivity contribution in [2.75, 3.05) is 26.2 Å². The van der Waals surface area contributed by atoms with E-state index in [2.05, 4.69) is 26.1 Å². The van der Waals surface area contributed by atoms with Crippen LogP contribution in [0.15, 0.2) is 0 Å². The first-order chi connectivity index (χ1) is 8.93. The van der Waals surface area contributed by atoms with Crippen molar-refractivity contribution in [2.24, 2.45) is 11.8 Å². The first-order valence-corrected chi connectivity index (χ1v) is 7.61. The van der Waals surface area contributed by atoms with E-state index in [0.717, 1.165) is 39.0 Å². The minimum atomic E-state index is -0.102. The molecule has 0 saturated carbocycles. The summed E-state index contributed by atoms with van der Waals surface area (Å²) in [4.78, 5) is 14.6. The van der Waals surface area contributed by atoms with E-state index >= 15 is 0 Å². The number of morpholine rings is 1. The second-order valence-corrected chi connectivity index (χ2v) is 6.61. The molecule has 1 N–H and O–H groups in total. The van der Waals surface area contributed by atoms with Crippen molar-refractivity contribution in [2.45, 2.75) is 52.2 Å².